The van der Waals surface area contributed by atoms with Gasteiger partial charge in [0.05, 0.1) is 11.4 Å². The summed E-state index contributed by atoms with van der Waals surface area (Å²) >= 11 is 0. The molecular formula is C47H35IrN4O. The molecule has 0 aliphatic carbocycles. The van der Waals surface area contributed by atoms with Gasteiger partial charge in [-0.1, -0.05) is 77.7 Å². The zero-order valence-corrected chi connectivity index (χ0v) is 31.6. The van der Waals surface area contributed by atoms with Crippen LogP contribution in [0.15, 0.2) is 163 Å². The van der Waals surface area contributed by atoms with E-state index in [2.05, 4.69) is 87.7 Å². The summed E-state index contributed by atoms with van der Waals surface area (Å²) in [4.78, 5) is 13.6. The molecule has 258 valence electrons. The standard InChI is InChI=1S/C31H24N2.C16H11N2O.Ir/c1-2-11-26(12-3-1)30-20-18-24(23-33-30)17-19-25-10-4-5-13-27(25)22-28-14-6-7-15-29(28)31-16-8-9-21-32-31;1-18-10-9-17-16(18)13-7-4-6-12-11-5-2-3-8-14(11)19-15(12)13;/h1-11,13-14,16,18,20-21,23H,17,19,22H2;2-6,8-10H,1H3;/q-2;-1;+3. The third kappa shape index (κ3) is 7.95. The second-order valence-corrected chi connectivity index (χ2v) is 12.6. The number of para-hydroxylation sites is 1. The number of hydrogen-bond acceptors (Lipinski definition) is 4. The van der Waals surface area contributed by atoms with Crippen LogP contribution >= 0.6 is 0 Å². The molecule has 0 bridgehead atoms. The molecule has 0 saturated heterocycles. The molecule has 0 amide bonds. The number of furan rings is 1. The number of aromatic nitrogens is 4. The fraction of sp³-hybridized carbons (Fsp3) is 0.0851. The summed E-state index contributed by atoms with van der Waals surface area (Å²) < 4.78 is 7.95. The van der Waals surface area contributed by atoms with E-state index in [0.717, 1.165) is 75.1 Å². The van der Waals surface area contributed by atoms with Gasteiger partial charge < -0.3 is 19.0 Å². The predicted molar refractivity (Wildman–Crippen MR) is 208 cm³/mol. The van der Waals surface area contributed by atoms with Crippen molar-refractivity contribution >= 4 is 21.9 Å². The van der Waals surface area contributed by atoms with E-state index in [4.69, 9.17) is 4.42 Å². The monoisotopic (exact) mass is 864 g/mol. The molecule has 0 unspecified atom stereocenters. The quantitative estimate of drug-likeness (QED) is 0.143. The van der Waals surface area contributed by atoms with Gasteiger partial charge in [0.1, 0.15) is 5.58 Å². The maximum absolute atomic E-state index is 5.98. The van der Waals surface area contributed by atoms with E-state index in [1.165, 1.54) is 22.3 Å². The van der Waals surface area contributed by atoms with Gasteiger partial charge >= 0.3 is 20.1 Å². The SMILES string of the molecule is Cn1ccnc1-c1[c-]ccc2c1oc1ccccc12.[Ir+3].[c-]1ccccc1-c1ccc(CCc2ccccc2Cc2ccc[c-]c2-c2ccccn2)cn1. The number of pyridine rings is 2. The molecule has 4 aromatic heterocycles. The van der Waals surface area contributed by atoms with Crippen LogP contribution in [0.3, 0.4) is 0 Å². The Bertz CT molecular complexity index is 2560. The van der Waals surface area contributed by atoms with Gasteiger partial charge in [-0.2, -0.15) is 0 Å². The van der Waals surface area contributed by atoms with Gasteiger partial charge in [0.25, 0.3) is 0 Å². The van der Waals surface area contributed by atoms with Gasteiger partial charge in [0.15, 0.2) is 0 Å². The molecule has 9 aromatic rings. The first-order valence-corrected chi connectivity index (χ1v) is 17.4. The average Bonchev–Trinajstić information content (AvgIpc) is 3.82. The minimum atomic E-state index is 0. The minimum Gasteiger partial charge on any atom is -0.501 e. The third-order valence-corrected chi connectivity index (χ3v) is 9.24. The molecule has 9 rings (SSSR count). The second kappa shape index (κ2) is 16.6. The van der Waals surface area contributed by atoms with Crippen molar-refractivity contribution in [2.45, 2.75) is 19.3 Å². The number of imidazole rings is 1. The molecule has 0 N–H and O–H groups in total. The van der Waals surface area contributed by atoms with Crippen LogP contribution in [0.5, 0.6) is 0 Å². The largest absolute Gasteiger partial charge is 3.00 e. The van der Waals surface area contributed by atoms with Gasteiger partial charge in [0.2, 0.25) is 0 Å². The smallest absolute Gasteiger partial charge is 0.501 e. The first kappa shape index (κ1) is 35.5. The molecule has 0 radical (unpaired) electrons. The first-order chi connectivity index (χ1) is 25.7. The average molecular weight is 864 g/mol. The van der Waals surface area contributed by atoms with E-state index in [1.54, 1.807) is 6.20 Å². The molecule has 0 saturated carbocycles. The summed E-state index contributed by atoms with van der Waals surface area (Å²) in [5.41, 5.74) is 11.9. The predicted octanol–water partition coefficient (Wildman–Crippen LogP) is 10.6. The van der Waals surface area contributed by atoms with E-state index in [0.29, 0.717) is 0 Å². The number of hydrogen-bond donors (Lipinski definition) is 0. The minimum absolute atomic E-state index is 0. The zero-order valence-electron chi connectivity index (χ0n) is 29.2. The molecular weight excluding hydrogens is 829 g/mol. The van der Waals surface area contributed by atoms with Crippen LogP contribution in [0.2, 0.25) is 0 Å². The summed E-state index contributed by atoms with van der Waals surface area (Å²) in [5, 5.41) is 2.23. The molecule has 0 aliphatic rings. The number of aryl methyl sites for hydroxylation is 3. The summed E-state index contributed by atoms with van der Waals surface area (Å²) in [6, 6.07) is 55.1. The number of fused-ring (bicyclic) bond motifs is 3. The molecule has 0 atom stereocenters. The fourth-order valence-electron chi connectivity index (χ4n) is 6.57. The van der Waals surface area contributed by atoms with Crippen molar-refractivity contribution in [2.24, 2.45) is 7.05 Å². The Labute approximate surface area is 323 Å². The van der Waals surface area contributed by atoms with Gasteiger partial charge in [-0.3, -0.25) is 4.98 Å². The maximum atomic E-state index is 5.98. The van der Waals surface area contributed by atoms with Gasteiger partial charge in [-0.15, -0.1) is 89.5 Å². The number of benzene rings is 5. The van der Waals surface area contributed by atoms with Gasteiger partial charge in [-0.25, -0.2) is 0 Å². The van der Waals surface area contributed by atoms with Crippen LogP contribution in [-0.2, 0) is 46.4 Å². The van der Waals surface area contributed by atoms with E-state index in [-0.39, 0.29) is 20.1 Å². The Hall–Kier alpha value is -5.94. The summed E-state index contributed by atoms with van der Waals surface area (Å²) in [6.07, 6.45) is 10.3. The van der Waals surface area contributed by atoms with Gasteiger partial charge in [-0.05, 0) is 59.5 Å². The summed E-state index contributed by atoms with van der Waals surface area (Å²) in [7, 11) is 1.97. The van der Waals surface area contributed by atoms with Crippen LogP contribution in [0, 0.1) is 18.2 Å². The Morgan fingerprint density at radius 1 is 0.585 bits per heavy atom. The molecule has 0 spiro atoms. The van der Waals surface area contributed by atoms with E-state index >= 15 is 0 Å². The summed E-state index contributed by atoms with van der Waals surface area (Å²) in [5.74, 6) is 0.865. The number of nitrogens with zero attached hydrogens (tertiary/aromatic N) is 4. The normalized spacial score (nSPS) is 10.8. The Morgan fingerprint density at radius 3 is 2.17 bits per heavy atom. The maximum Gasteiger partial charge on any atom is 3.00 e. The molecule has 5 aromatic carbocycles. The van der Waals surface area contributed by atoms with Crippen LogP contribution in [0.25, 0.3) is 55.8 Å². The van der Waals surface area contributed by atoms with Crippen molar-refractivity contribution in [1.29, 1.82) is 0 Å². The fourth-order valence-corrected chi connectivity index (χ4v) is 6.57. The van der Waals surface area contributed by atoms with Crippen LogP contribution in [0.4, 0.5) is 0 Å². The van der Waals surface area contributed by atoms with Crippen molar-refractivity contribution in [3.8, 4) is 33.9 Å². The third-order valence-electron chi connectivity index (χ3n) is 9.24. The van der Waals surface area contributed by atoms with E-state index in [1.807, 2.05) is 109 Å². The number of rotatable bonds is 8. The van der Waals surface area contributed by atoms with Crippen molar-refractivity contribution < 1.29 is 24.5 Å². The second-order valence-electron chi connectivity index (χ2n) is 12.6. The van der Waals surface area contributed by atoms with Gasteiger partial charge in [0, 0.05) is 37.2 Å². The van der Waals surface area contributed by atoms with E-state index < -0.39 is 0 Å². The van der Waals surface area contributed by atoms with Crippen molar-refractivity contribution in [3.05, 3.63) is 199 Å². The topological polar surface area (TPSA) is 56.7 Å². The molecule has 6 heteroatoms. The Kier molecular flexibility index (Phi) is 11.1. The summed E-state index contributed by atoms with van der Waals surface area (Å²) in [6.45, 7) is 0. The molecule has 0 fully saturated rings. The van der Waals surface area contributed by atoms with Crippen molar-refractivity contribution in [2.75, 3.05) is 0 Å². The molecule has 5 nitrogen and oxygen atoms in total. The molecule has 0 aliphatic heterocycles. The van der Waals surface area contributed by atoms with Crippen molar-refractivity contribution in [1.82, 2.24) is 19.5 Å². The molecule has 4 heterocycles. The Balaban J connectivity index is 0.000000184. The van der Waals surface area contributed by atoms with Crippen molar-refractivity contribution in [3.63, 3.8) is 0 Å². The van der Waals surface area contributed by atoms with Crippen LogP contribution in [0.1, 0.15) is 22.3 Å². The Morgan fingerprint density at radius 2 is 1.38 bits per heavy atom. The zero-order chi connectivity index (χ0) is 35.1. The van der Waals surface area contributed by atoms with Crippen LogP contribution in [-0.4, -0.2) is 19.5 Å². The molecule has 53 heavy (non-hydrogen) atoms. The first-order valence-electron chi connectivity index (χ1n) is 17.4. The van der Waals surface area contributed by atoms with Crippen LogP contribution < -0.4 is 0 Å². The van der Waals surface area contributed by atoms with E-state index in [9.17, 15) is 0 Å².